The highest BCUT2D eigenvalue weighted by Gasteiger charge is 2.45. The molecule has 4 aliphatic rings. The summed E-state index contributed by atoms with van der Waals surface area (Å²) in [6.45, 7) is 8.33. The lowest BCUT2D eigenvalue weighted by Gasteiger charge is -2.42. The first-order chi connectivity index (χ1) is 20.4. The van der Waals surface area contributed by atoms with Crippen molar-refractivity contribution in [3.8, 4) is 11.5 Å². The number of ether oxygens (including phenoxy) is 3. The molecule has 0 amide bonds. The van der Waals surface area contributed by atoms with Crippen molar-refractivity contribution in [1.82, 2.24) is 14.5 Å². The number of anilines is 1. The van der Waals surface area contributed by atoms with Crippen molar-refractivity contribution in [2.24, 2.45) is 0 Å². The fraction of sp³-hybridized carbons (Fsp3) is 0.469. The van der Waals surface area contributed by atoms with Crippen molar-refractivity contribution in [2.45, 2.75) is 76.6 Å². The normalized spacial score (nSPS) is 26.8. The minimum atomic E-state index is -1.26. The van der Waals surface area contributed by atoms with Gasteiger partial charge in [0, 0.05) is 48.6 Å². The lowest BCUT2D eigenvalue weighted by Crippen LogP contribution is -2.53. The second-order valence-corrected chi connectivity index (χ2v) is 13.6. The maximum atomic E-state index is 14.9. The lowest BCUT2D eigenvalue weighted by molar-refractivity contribution is -0.0705. The number of hydrogen-bond donors (Lipinski definition) is 0. The Morgan fingerprint density at radius 1 is 1.10 bits per heavy atom. The van der Waals surface area contributed by atoms with E-state index < -0.39 is 11.6 Å². The minimum Gasteiger partial charge on any atom is -0.444 e. The molecule has 7 nitrogen and oxygen atoms in total. The van der Waals surface area contributed by atoms with Crippen molar-refractivity contribution < 1.29 is 18.6 Å². The third kappa shape index (κ3) is 4.39. The molecule has 3 saturated heterocycles. The van der Waals surface area contributed by atoms with Gasteiger partial charge < -0.3 is 23.7 Å². The molecule has 0 aliphatic carbocycles. The van der Waals surface area contributed by atoms with Gasteiger partial charge in [0.25, 0.3) is 5.79 Å². The Morgan fingerprint density at radius 2 is 1.90 bits per heavy atom. The third-order valence-electron chi connectivity index (χ3n) is 9.38. The van der Waals surface area contributed by atoms with E-state index in [1.165, 1.54) is 16.5 Å². The number of hydrogen-bond acceptors (Lipinski definition) is 7. The SMILES string of the molecule is CCc1cc2c(nc(CN3C4CCC3CN(c3cccc5c3OC(C)(c3ccc(Cl)cc3F)O5)C4)n2C[C@@H]2CCO2)s1. The molecule has 3 fully saturated rings. The van der Waals surface area contributed by atoms with Crippen molar-refractivity contribution in [3.63, 3.8) is 0 Å². The van der Waals surface area contributed by atoms with Gasteiger partial charge in [-0.15, -0.1) is 11.3 Å². The Kier molecular flexibility index (Phi) is 6.44. The van der Waals surface area contributed by atoms with Gasteiger partial charge in [0.15, 0.2) is 11.5 Å². The Bertz CT molecular complexity index is 1660. The number of benzene rings is 2. The largest absolute Gasteiger partial charge is 0.444 e. The number of imidazole rings is 1. The molecule has 8 rings (SSSR count). The number of aryl methyl sites for hydroxylation is 1. The molecule has 6 heterocycles. The van der Waals surface area contributed by atoms with Crippen LogP contribution in [0.2, 0.25) is 5.02 Å². The topological polar surface area (TPSA) is 52.0 Å². The average Bonchev–Trinajstić information content (AvgIpc) is 3.64. The zero-order valence-electron chi connectivity index (χ0n) is 23.8. The maximum absolute atomic E-state index is 14.9. The predicted octanol–water partition coefficient (Wildman–Crippen LogP) is 6.74. The molecule has 2 aromatic heterocycles. The minimum absolute atomic E-state index is 0.286. The first-order valence-electron chi connectivity index (χ1n) is 14.9. The summed E-state index contributed by atoms with van der Waals surface area (Å²) >= 11 is 7.82. The molecule has 4 aliphatic heterocycles. The first-order valence-corrected chi connectivity index (χ1v) is 16.1. The summed E-state index contributed by atoms with van der Waals surface area (Å²) in [7, 11) is 0. The second-order valence-electron chi connectivity index (χ2n) is 12.0. The molecule has 42 heavy (non-hydrogen) atoms. The molecule has 3 unspecified atom stereocenters. The molecular weight excluding hydrogens is 575 g/mol. The molecule has 0 saturated carbocycles. The lowest BCUT2D eigenvalue weighted by atomic mass is 10.1. The number of para-hydroxylation sites is 1. The van der Waals surface area contributed by atoms with E-state index in [1.54, 1.807) is 19.1 Å². The van der Waals surface area contributed by atoms with Crippen LogP contribution in [0.3, 0.4) is 0 Å². The summed E-state index contributed by atoms with van der Waals surface area (Å²) in [6, 6.07) is 13.7. The van der Waals surface area contributed by atoms with Crippen molar-refractivity contribution >= 4 is 39.0 Å². The number of thiophene rings is 1. The highest BCUT2D eigenvalue weighted by molar-refractivity contribution is 7.18. The molecule has 2 aromatic carbocycles. The summed E-state index contributed by atoms with van der Waals surface area (Å²) in [6.07, 6.45) is 4.75. The van der Waals surface area contributed by atoms with Gasteiger partial charge in [-0.1, -0.05) is 24.6 Å². The molecule has 0 radical (unpaired) electrons. The van der Waals surface area contributed by atoms with Gasteiger partial charge in [-0.3, -0.25) is 4.90 Å². The quantitative estimate of drug-likeness (QED) is 0.232. The Hall–Kier alpha value is -2.85. The first kappa shape index (κ1) is 26.8. The highest BCUT2D eigenvalue weighted by atomic mass is 35.5. The van der Waals surface area contributed by atoms with Crippen LogP contribution in [0.1, 0.15) is 49.4 Å². The Morgan fingerprint density at radius 3 is 2.62 bits per heavy atom. The van der Waals surface area contributed by atoms with Crippen LogP contribution in [0, 0.1) is 5.82 Å². The van der Waals surface area contributed by atoms with Crippen LogP contribution in [-0.2, 0) is 30.0 Å². The van der Waals surface area contributed by atoms with Gasteiger partial charge in [0.05, 0.1) is 36.0 Å². The van der Waals surface area contributed by atoms with E-state index in [1.807, 2.05) is 23.5 Å². The van der Waals surface area contributed by atoms with Crippen LogP contribution in [-0.4, -0.2) is 52.3 Å². The summed E-state index contributed by atoms with van der Waals surface area (Å²) in [5.74, 6) is 0.743. The van der Waals surface area contributed by atoms with Gasteiger partial charge in [-0.25, -0.2) is 9.37 Å². The van der Waals surface area contributed by atoms with E-state index in [0.717, 1.165) is 74.8 Å². The number of piperazine rings is 1. The molecule has 0 N–H and O–H groups in total. The summed E-state index contributed by atoms with van der Waals surface area (Å²) in [5.41, 5.74) is 2.58. The Balaban J connectivity index is 1.04. The second kappa shape index (κ2) is 10.1. The molecule has 2 bridgehead atoms. The molecule has 4 aromatic rings. The number of nitrogens with zero attached hydrogens (tertiary/aromatic N) is 4. The van der Waals surface area contributed by atoms with Crippen molar-refractivity contribution in [2.75, 3.05) is 24.6 Å². The molecule has 220 valence electrons. The average molecular weight is 609 g/mol. The highest BCUT2D eigenvalue weighted by Crippen LogP contribution is 2.51. The zero-order valence-corrected chi connectivity index (χ0v) is 25.4. The third-order valence-corrected chi connectivity index (χ3v) is 10.8. The van der Waals surface area contributed by atoms with Crippen LogP contribution >= 0.6 is 22.9 Å². The van der Waals surface area contributed by atoms with E-state index >= 15 is 0 Å². The standard InChI is InChI=1S/C32H34ClFN4O3S/c1-3-23-14-27-31(42-23)35-29(38(27)17-22-11-12-39-22)18-37-20-8-9-21(37)16-36(15-20)26-5-4-6-28-30(26)41-32(2,40-28)24-10-7-19(33)13-25(24)34/h4-7,10,13-14,20-22H,3,8-9,11-12,15-18H2,1-2H3/t20?,21?,22-,32?/m0/s1. The van der Waals surface area contributed by atoms with E-state index in [4.69, 9.17) is 30.8 Å². The molecule has 0 spiro atoms. The molecular formula is C32H34ClFN4O3S. The van der Waals surface area contributed by atoms with Crippen molar-refractivity contribution in [1.29, 1.82) is 0 Å². The van der Waals surface area contributed by atoms with E-state index in [9.17, 15) is 4.39 Å². The van der Waals surface area contributed by atoms with Gasteiger partial charge >= 0.3 is 0 Å². The summed E-state index contributed by atoms with van der Waals surface area (Å²) in [5, 5.41) is 0.341. The molecule has 10 heteroatoms. The van der Waals surface area contributed by atoms with Gasteiger partial charge in [-0.05, 0) is 62.1 Å². The number of halogens is 2. The van der Waals surface area contributed by atoms with Crippen LogP contribution in [0.5, 0.6) is 11.5 Å². The Labute approximate surface area is 253 Å². The van der Waals surface area contributed by atoms with Crippen LogP contribution in [0.15, 0.2) is 42.5 Å². The summed E-state index contributed by atoms with van der Waals surface area (Å²) in [4.78, 5) is 12.8. The van der Waals surface area contributed by atoms with E-state index in [-0.39, 0.29) is 6.10 Å². The number of fused-ring (bicyclic) bond motifs is 4. The van der Waals surface area contributed by atoms with E-state index in [2.05, 4.69) is 33.4 Å². The predicted molar refractivity (Wildman–Crippen MR) is 162 cm³/mol. The van der Waals surface area contributed by atoms with Gasteiger partial charge in [0.2, 0.25) is 0 Å². The van der Waals surface area contributed by atoms with Crippen LogP contribution in [0.4, 0.5) is 10.1 Å². The van der Waals surface area contributed by atoms with Crippen LogP contribution < -0.4 is 14.4 Å². The number of aromatic nitrogens is 2. The fourth-order valence-electron chi connectivity index (χ4n) is 7.08. The smallest absolute Gasteiger partial charge is 0.278 e. The fourth-order valence-corrected chi connectivity index (χ4v) is 8.23. The summed E-state index contributed by atoms with van der Waals surface area (Å²) < 4.78 is 35.8. The number of rotatable bonds is 7. The monoisotopic (exact) mass is 608 g/mol. The van der Waals surface area contributed by atoms with Gasteiger partial charge in [0.1, 0.15) is 16.5 Å². The zero-order chi connectivity index (χ0) is 28.6. The van der Waals surface area contributed by atoms with Crippen LogP contribution in [0.25, 0.3) is 10.3 Å². The maximum Gasteiger partial charge on any atom is 0.278 e. The van der Waals surface area contributed by atoms with E-state index in [0.29, 0.717) is 34.2 Å². The molecule has 4 atom stereocenters. The van der Waals surface area contributed by atoms with Crippen molar-refractivity contribution in [3.05, 3.63) is 69.6 Å². The van der Waals surface area contributed by atoms with Gasteiger partial charge in [-0.2, -0.15) is 0 Å².